The van der Waals surface area contributed by atoms with Crippen LogP contribution >= 0.6 is 0 Å². The van der Waals surface area contributed by atoms with Crippen LogP contribution in [0.1, 0.15) is 38.5 Å². The first-order chi connectivity index (χ1) is 9.35. The number of ether oxygens (including phenoxy) is 1. The zero-order valence-corrected chi connectivity index (χ0v) is 10.8. The Morgan fingerprint density at radius 1 is 1.35 bits per heavy atom. The third-order valence-electron chi connectivity index (χ3n) is 3.70. The van der Waals surface area contributed by atoms with Crippen molar-refractivity contribution in [1.29, 1.82) is 0 Å². The van der Waals surface area contributed by atoms with Crippen LogP contribution in [0.3, 0.4) is 0 Å². The van der Waals surface area contributed by atoms with Crippen LogP contribution in [0.15, 0.2) is 5.10 Å². The van der Waals surface area contributed by atoms with Gasteiger partial charge in [-0.3, -0.25) is 10.2 Å². The van der Waals surface area contributed by atoms with E-state index in [0.717, 1.165) is 0 Å². The summed E-state index contributed by atoms with van der Waals surface area (Å²) >= 11 is 0. The Balaban J connectivity index is 1.75. The van der Waals surface area contributed by atoms with E-state index in [4.69, 9.17) is 9.84 Å². The lowest BCUT2D eigenvalue weighted by Crippen LogP contribution is -2.28. The number of hydrazone groups is 1. The quantitative estimate of drug-likeness (QED) is 0.835. The summed E-state index contributed by atoms with van der Waals surface area (Å²) in [6, 6.07) is 0. The van der Waals surface area contributed by atoms with Gasteiger partial charge in [-0.2, -0.15) is 13.2 Å². The maximum absolute atomic E-state index is 12.1. The van der Waals surface area contributed by atoms with Gasteiger partial charge in [0.15, 0.2) is 6.23 Å². The maximum Gasteiger partial charge on any atom is 0.389 e. The number of carboxylic acids is 1. The standard InChI is InChI=1S/C12H17F3N2O3/c13-12(14,15)6-5-9-16-17-10(20-9)7-1-3-8(4-2-7)11(18)19/h7-9,16H,1-6H2,(H,18,19). The van der Waals surface area contributed by atoms with Crippen LogP contribution in [0.2, 0.25) is 0 Å². The second-order valence-electron chi connectivity index (χ2n) is 5.23. The van der Waals surface area contributed by atoms with Gasteiger partial charge >= 0.3 is 12.1 Å². The van der Waals surface area contributed by atoms with Crippen molar-refractivity contribution in [2.75, 3.05) is 0 Å². The van der Waals surface area contributed by atoms with Crippen LogP contribution in [0, 0.1) is 11.8 Å². The van der Waals surface area contributed by atoms with Gasteiger partial charge in [-0.15, -0.1) is 5.10 Å². The van der Waals surface area contributed by atoms with E-state index in [-0.39, 0.29) is 18.3 Å². The van der Waals surface area contributed by atoms with E-state index in [1.54, 1.807) is 0 Å². The average molecular weight is 294 g/mol. The molecule has 0 amide bonds. The molecule has 0 aromatic carbocycles. The predicted molar refractivity (Wildman–Crippen MR) is 63.8 cm³/mol. The summed E-state index contributed by atoms with van der Waals surface area (Å²) in [6.45, 7) is 0. The minimum Gasteiger partial charge on any atom is -0.481 e. The molecule has 1 fully saturated rings. The molecule has 1 aliphatic carbocycles. The largest absolute Gasteiger partial charge is 0.481 e. The van der Waals surface area contributed by atoms with Gasteiger partial charge in [-0.1, -0.05) is 0 Å². The molecule has 0 saturated heterocycles. The molecule has 5 nitrogen and oxygen atoms in total. The molecule has 0 aromatic heterocycles. The lowest BCUT2D eigenvalue weighted by atomic mass is 9.82. The fourth-order valence-electron chi connectivity index (χ4n) is 2.53. The zero-order chi connectivity index (χ0) is 14.8. The van der Waals surface area contributed by atoms with Crippen LogP contribution in [0.5, 0.6) is 0 Å². The normalized spacial score (nSPS) is 30.4. The second kappa shape index (κ2) is 5.88. The van der Waals surface area contributed by atoms with Crippen molar-refractivity contribution in [3.8, 4) is 0 Å². The molecule has 8 heteroatoms. The third-order valence-corrected chi connectivity index (χ3v) is 3.70. The lowest BCUT2D eigenvalue weighted by Gasteiger charge is -2.25. The first-order valence-electron chi connectivity index (χ1n) is 6.64. The summed E-state index contributed by atoms with van der Waals surface area (Å²) in [5.74, 6) is -0.698. The van der Waals surface area contributed by atoms with Crippen molar-refractivity contribution >= 4 is 11.9 Å². The van der Waals surface area contributed by atoms with Crippen molar-refractivity contribution in [3.05, 3.63) is 0 Å². The van der Waals surface area contributed by atoms with Gasteiger partial charge in [0.2, 0.25) is 5.90 Å². The third kappa shape index (κ3) is 4.01. The number of aliphatic carboxylic acids is 1. The Labute approximate surface area is 114 Å². The maximum atomic E-state index is 12.1. The molecule has 1 heterocycles. The van der Waals surface area contributed by atoms with Crippen molar-refractivity contribution in [1.82, 2.24) is 5.43 Å². The summed E-state index contributed by atoms with van der Waals surface area (Å²) in [6.07, 6.45) is -3.64. The topological polar surface area (TPSA) is 70.9 Å². The first kappa shape index (κ1) is 14.9. The number of halogens is 3. The van der Waals surface area contributed by atoms with Crippen LogP contribution in [0.25, 0.3) is 0 Å². The molecule has 0 aromatic rings. The van der Waals surface area contributed by atoms with E-state index in [0.29, 0.717) is 31.6 Å². The number of nitrogens with one attached hydrogen (secondary N) is 1. The fraction of sp³-hybridized carbons (Fsp3) is 0.833. The summed E-state index contributed by atoms with van der Waals surface area (Å²) in [4.78, 5) is 10.8. The number of carboxylic acid groups (broad SMARTS) is 1. The molecule has 1 atom stereocenters. The minimum atomic E-state index is -4.20. The molecule has 1 saturated carbocycles. The van der Waals surface area contributed by atoms with E-state index in [9.17, 15) is 18.0 Å². The summed E-state index contributed by atoms with van der Waals surface area (Å²) < 4.78 is 41.7. The minimum absolute atomic E-state index is 0.00832. The fourth-order valence-corrected chi connectivity index (χ4v) is 2.53. The Morgan fingerprint density at radius 3 is 2.55 bits per heavy atom. The van der Waals surface area contributed by atoms with Gasteiger partial charge in [0.05, 0.1) is 5.92 Å². The molecule has 0 spiro atoms. The van der Waals surface area contributed by atoms with Gasteiger partial charge in [0, 0.05) is 18.8 Å². The van der Waals surface area contributed by atoms with E-state index in [1.807, 2.05) is 0 Å². The number of hydrogen-bond acceptors (Lipinski definition) is 4. The van der Waals surface area contributed by atoms with Crippen molar-refractivity contribution in [2.45, 2.75) is 50.9 Å². The Hall–Kier alpha value is -1.47. The first-order valence-corrected chi connectivity index (χ1v) is 6.64. The zero-order valence-electron chi connectivity index (χ0n) is 10.8. The number of alkyl halides is 3. The highest BCUT2D eigenvalue weighted by molar-refractivity contribution is 5.80. The van der Waals surface area contributed by atoms with E-state index in [2.05, 4.69) is 10.5 Å². The SMILES string of the molecule is O=C(O)C1CCC(C2=NNC(CCC(F)(F)F)O2)CC1. The number of nitrogens with zero attached hydrogens (tertiary/aromatic N) is 1. The Bertz CT molecular complexity index is 390. The highest BCUT2D eigenvalue weighted by Gasteiger charge is 2.34. The molecule has 114 valence electrons. The van der Waals surface area contributed by atoms with Gasteiger partial charge in [-0.25, -0.2) is 0 Å². The van der Waals surface area contributed by atoms with Crippen molar-refractivity contribution < 1.29 is 27.8 Å². The monoisotopic (exact) mass is 294 g/mol. The van der Waals surface area contributed by atoms with Gasteiger partial charge in [0.25, 0.3) is 0 Å². The predicted octanol–water partition coefficient (Wildman–Crippen LogP) is 2.48. The number of rotatable bonds is 4. The highest BCUT2D eigenvalue weighted by Crippen LogP contribution is 2.32. The Kier molecular flexibility index (Phi) is 4.39. The van der Waals surface area contributed by atoms with E-state index < -0.39 is 24.8 Å². The number of hydrogen-bond donors (Lipinski definition) is 2. The Morgan fingerprint density at radius 2 is 2.00 bits per heavy atom. The molecular weight excluding hydrogens is 277 g/mol. The van der Waals surface area contributed by atoms with Gasteiger partial charge in [0.1, 0.15) is 0 Å². The second-order valence-corrected chi connectivity index (χ2v) is 5.23. The van der Waals surface area contributed by atoms with Gasteiger partial charge in [-0.05, 0) is 25.7 Å². The summed E-state index contributed by atoms with van der Waals surface area (Å²) in [5, 5.41) is 12.8. The van der Waals surface area contributed by atoms with Crippen molar-refractivity contribution in [2.24, 2.45) is 16.9 Å². The van der Waals surface area contributed by atoms with Crippen molar-refractivity contribution in [3.63, 3.8) is 0 Å². The molecule has 2 rings (SSSR count). The smallest absolute Gasteiger partial charge is 0.389 e. The molecule has 1 unspecified atom stereocenters. The molecule has 2 aliphatic rings. The van der Waals surface area contributed by atoms with Gasteiger partial charge < -0.3 is 9.84 Å². The molecule has 0 radical (unpaired) electrons. The molecular formula is C12H17F3N2O3. The van der Waals surface area contributed by atoms with E-state index >= 15 is 0 Å². The molecule has 2 N–H and O–H groups in total. The average Bonchev–Trinajstić information content (AvgIpc) is 2.84. The highest BCUT2D eigenvalue weighted by atomic mass is 19.4. The van der Waals surface area contributed by atoms with Crippen LogP contribution < -0.4 is 5.43 Å². The van der Waals surface area contributed by atoms with Crippen LogP contribution in [-0.2, 0) is 9.53 Å². The summed E-state index contributed by atoms with van der Waals surface area (Å²) in [7, 11) is 0. The summed E-state index contributed by atoms with van der Waals surface area (Å²) in [5.41, 5.74) is 2.56. The lowest BCUT2D eigenvalue weighted by molar-refractivity contribution is -0.143. The van der Waals surface area contributed by atoms with Crippen LogP contribution in [-0.4, -0.2) is 29.4 Å². The van der Waals surface area contributed by atoms with Crippen LogP contribution in [0.4, 0.5) is 13.2 Å². The number of carbonyl (C=O) groups is 1. The molecule has 1 aliphatic heterocycles. The molecule has 20 heavy (non-hydrogen) atoms. The van der Waals surface area contributed by atoms with E-state index in [1.165, 1.54) is 0 Å². The molecule has 0 bridgehead atoms.